The Hall–Kier alpha value is -1.62. The van der Waals surface area contributed by atoms with Gasteiger partial charge in [-0.15, -0.1) is 0 Å². The molecule has 1 aliphatic heterocycles. The molecule has 1 aliphatic rings. The van der Waals surface area contributed by atoms with Crippen LogP contribution in [0.1, 0.15) is 24.8 Å². The second-order valence-corrected chi connectivity index (χ2v) is 5.32. The van der Waals surface area contributed by atoms with Gasteiger partial charge in [0, 0.05) is 38.4 Å². The Labute approximate surface area is 120 Å². The molecular weight excluding hydrogens is 254 g/mol. The monoisotopic (exact) mass is 277 g/mol. The summed E-state index contributed by atoms with van der Waals surface area (Å²) < 4.78 is 0. The maximum Gasteiger partial charge on any atom is 0.223 e. The molecule has 0 atom stereocenters. The lowest BCUT2D eigenvalue weighted by Gasteiger charge is -2.32. The minimum absolute atomic E-state index is 0.0930. The van der Waals surface area contributed by atoms with Crippen molar-refractivity contribution in [3.63, 3.8) is 0 Å². The SMILES string of the molecule is Cc1ccc(N2CCC(C(=O)NCCCO)CC2)nc1. The largest absolute Gasteiger partial charge is 0.396 e. The number of piperidine rings is 1. The number of aromatic nitrogens is 1. The molecule has 1 aromatic rings. The Kier molecular flexibility index (Phi) is 5.35. The van der Waals surface area contributed by atoms with Gasteiger partial charge in [0.05, 0.1) is 0 Å². The molecule has 0 saturated carbocycles. The van der Waals surface area contributed by atoms with Gasteiger partial charge in [0.1, 0.15) is 5.82 Å². The summed E-state index contributed by atoms with van der Waals surface area (Å²) in [6.07, 6.45) is 4.22. The van der Waals surface area contributed by atoms with Crippen LogP contribution in [0.25, 0.3) is 0 Å². The van der Waals surface area contributed by atoms with Crippen LogP contribution in [0, 0.1) is 12.8 Å². The van der Waals surface area contributed by atoms with Crippen LogP contribution in [-0.4, -0.2) is 42.2 Å². The van der Waals surface area contributed by atoms with E-state index in [4.69, 9.17) is 5.11 Å². The Morgan fingerprint density at radius 1 is 1.45 bits per heavy atom. The predicted molar refractivity (Wildman–Crippen MR) is 78.6 cm³/mol. The Balaban J connectivity index is 1.80. The number of aryl methyl sites for hydroxylation is 1. The van der Waals surface area contributed by atoms with E-state index in [1.54, 1.807) is 0 Å². The van der Waals surface area contributed by atoms with Crippen LogP contribution >= 0.6 is 0 Å². The standard InChI is InChI=1S/C15H23N3O2/c1-12-3-4-14(17-11-12)18-8-5-13(6-9-18)15(20)16-7-2-10-19/h3-4,11,13,19H,2,5-10H2,1H3,(H,16,20). The van der Waals surface area contributed by atoms with Gasteiger partial charge in [0.2, 0.25) is 5.91 Å². The molecule has 1 saturated heterocycles. The van der Waals surface area contributed by atoms with Crippen molar-refractivity contribution in [3.8, 4) is 0 Å². The van der Waals surface area contributed by atoms with Crippen LogP contribution in [0.5, 0.6) is 0 Å². The van der Waals surface area contributed by atoms with E-state index < -0.39 is 0 Å². The van der Waals surface area contributed by atoms with E-state index in [1.165, 1.54) is 0 Å². The van der Waals surface area contributed by atoms with E-state index in [1.807, 2.05) is 19.2 Å². The number of hydrogen-bond acceptors (Lipinski definition) is 4. The van der Waals surface area contributed by atoms with Crippen LogP contribution < -0.4 is 10.2 Å². The number of hydrogen-bond donors (Lipinski definition) is 2. The summed E-state index contributed by atoms with van der Waals surface area (Å²) in [5.74, 6) is 1.21. The lowest BCUT2D eigenvalue weighted by molar-refractivity contribution is -0.125. The van der Waals surface area contributed by atoms with Gasteiger partial charge in [-0.1, -0.05) is 6.07 Å². The van der Waals surface area contributed by atoms with Crippen LogP contribution in [-0.2, 0) is 4.79 Å². The molecule has 2 N–H and O–H groups in total. The summed E-state index contributed by atoms with van der Waals surface area (Å²) in [5.41, 5.74) is 1.16. The molecule has 0 aromatic carbocycles. The average molecular weight is 277 g/mol. The van der Waals surface area contributed by atoms with Crippen molar-refractivity contribution >= 4 is 11.7 Å². The van der Waals surface area contributed by atoms with Crippen molar-refractivity contribution in [1.82, 2.24) is 10.3 Å². The third-order valence-electron chi connectivity index (χ3n) is 3.72. The zero-order chi connectivity index (χ0) is 14.4. The quantitative estimate of drug-likeness (QED) is 0.791. The number of aliphatic hydroxyl groups excluding tert-OH is 1. The first-order valence-corrected chi connectivity index (χ1v) is 7.27. The van der Waals surface area contributed by atoms with Gasteiger partial charge in [-0.25, -0.2) is 4.98 Å². The van der Waals surface area contributed by atoms with Gasteiger partial charge in [-0.2, -0.15) is 0 Å². The molecule has 2 heterocycles. The second-order valence-electron chi connectivity index (χ2n) is 5.32. The number of anilines is 1. The Bertz CT molecular complexity index is 425. The maximum atomic E-state index is 11.9. The molecule has 110 valence electrons. The van der Waals surface area contributed by atoms with E-state index in [-0.39, 0.29) is 18.4 Å². The molecular formula is C15H23N3O2. The fourth-order valence-electron chi connectivity index (χ4n) is 2.45. The topological polar surface area (TPSA) is 65.5 Å². The number of carbonyl (C=O) groups excluding carboxylic acids is 1. The molecule has 5 heteroatoms. The number of nitrogens with one attached hydrogen (secondary N) is 1. The zero-order valence-corrected chi connectivity index (χ0v) is 12.0. The van der Waals surface area contributed by atoms with Crippen molar-refractivity contribution < 1.29 is 9.90 Å². The van der Waals surface area contributed by atoms with Crippen LogP contribution in [0.15, 0.2) is 18.3 Å². The number of pyridine rings is 1. The fraction of sp³-hybridized carbons (Fsp3) is 0.600. The molecule has 0 radical (unpaired) electrons. The first-order valence-electron chi connectivity index (χ1n) is 7.27. The highest BCUT2D eigenvalue weighted by molar-refractivity contribution is 5.78. The minimum atomic E-state index is 0.0930. The zero-order valence-electron chi connectivity index (χ0n) is 12.0. The number of rotatable bonds is 5. The molecule has 0 bridgehead atoms. The van der Waals surface area contributed by atoms with Crippen LogP contribution in [0.2, 0.25) is 0 Å². The summed E-state index contributed by atoms with van der Waals surface area (Å²) in [7, 11) is 0. The van der Waals surface area contributed by atoms with Crippen LogP contribution in [0.4, 0.5) is 5.82 Å². The molecule has 0 unspecified atom stereocenters. The first kappa shape index (κ1) is 14.8. The van der Waals surface area contributed by atoms with Crippen molar-refractivity contribution in [2.45, 2.75) is 26.2 Å². The molecule has 5 nitrogen and oxygen atoms in total. The summed E-state index contributed by atoms with van der Waals surface area (Å²) in [6, 6.07) is 4.10. The van der Waals surface area contributed by atoms with Gasteiger partial charge < -0.3 is 15.3 Å². The normalized spacial score (nSPS) is 16.2. The van der Waals surface area contributed by atoms with Crippen molar-refractivity contribution in [1.29, 1.82) is 0 Å². The minimum Gasteiger partial charge on any atom is -0.396 e. The van der Waals surface area contributed by atoms with Gasteiger partial charge in [-0.3, -0.25) is 4.79 Å². The number of carbonyl (C=O) groups is 1. The van der Waals surface area contributed by atoms with E-state index in [0.717, 1.165) is 37.3 Å². The van der Waals surface area contributed by atoms with Crippen molar-refractivity contribution in [2.24, 2.45) is 5.92 Å². The van der Waals surface area contributed by atoms with Crippen LogP contribution in [0.3, 0.4) is 0 Å². The smallest absolute Gasteiger partial charge is 0.223 e. The van der Waals surface area contributed by atoms with Crippen molar-refractivity contribution in [2.75, 3.05) is 31.1 Å². The molecule has 1 aromatic heterocycles. The third kappa shape index (κ3) is 3.93. The van der Waals surface area contributed by atoms with E-state index >= 15 is 0 Å². The number of amides is 1. The first-order chi connectivity index (χ1) is 9.70. The van der Waals surface area contributed by atoms with E-state index in [2.05, 4.69) is 21.3 Å². The molecule has 20 heavy (non-hydrogen) atoms. The van der Waals surface area contributed by atoms with Crippen molar-refractivity contribution in [3.05, 3.63) is 23.9 Å². The number of aliphatic hydroxyl groups is 1. The molecule has 1 fully saturated rings. The highest BCUT2D eigenvalue weighted by Crippen LogP contribution is 2.21. The molecule has 0 aliphatic carbocycles. The summed E-state index contributed by atoms with van der Waals surface area (Å²) in [5, 5.41) is 11.6. The van der Waals surface area contributed by atoms with Gasteiger partial charge in [0.15, 0.2) is 0 Å². The third-order valence-corrected chi connectivity index (χ3v) is 3.72. The maximum absolute atomic E-state index is 11.9. The number of nitrogens with zero attached hydrogens (tertiary/aromatic N) is 2. The summed E-state index contributed by atoms with van der Waals surface area (Å²) in [6.45, 7) is 4.45. The van der Waals surface area contributed by atoms with Gasteiger partial charge >= 0.3 is 0 Å². The van der Waals surface area contributed by atoms with Gasteiger partial charge in [-0.05, 0) is 37.8 Å². The summed E-state index contributed by atoms with van der Waals surface area (Å²) >= 11 is 0. The fourth-order valence-corrected chi connectivity index (χ4v) is 2.45. The second kappa shape index (κ2) is 7.24. The summed E-state index contributed by atoms with van der Waals surface area (Å²) in [4.78, 5) is 18.6. The lowest BCUT2D eigenvalue weighted by Crippen LogP contribution is -2.41. The Morgan fingerprint density at radius 3 is 2.80 bits per heavy atom. The Morgan fingerprint density at radius 2 is 2.20 bits per heavy atom. The highest BCUT2D eigenvalue weighted by atomic mass is 16.3. The molecule has 1 amide bonds. The van der Waals surface area contributed by atoms with E-state index in [0.29, 0.717) is 13.0 Å². The average Bonchev–Trinajstić information content (AvgIpc) is 2.48. The predicted octanol–water partition coefficient (Wildman–Crippen LogP) is 1.11. The van der Waals surface area contributed by atoms with Gasteiger partial charge in [0.25, 0.3) is 0 Å². The molecule has 2 rings (SSSR count). The molecule has 0 spiro atoms. The van der Waals surface area contributed by atoms with E-state index in [9.17, 15) is 4.79 Å². The highest BCUT2D eigenvalue weighted by Gasteiger charge is 2.25. The lowest BCUT2D eigenvalue weighted by atomic mass is 9.96.